The van der Waals surface area contributed by atoms with Crippen molar-refractivity contribution in [3.8, 4) is 0 Å². The molecular formula is C18H25N3O2. The second-order valence-corrected chi connectivity index (χ2v) is 6.76. The normalized spacial score (nSPS) is 19.4. The molecule has 5 nitrogen and oxygen atoms in total. The molecule has 0 atom stereocenters. The van der Waals surface area contributed by atoms with E-state index in [9.17, 15) is 9.59 Å². The van der Waals surface area contributed by atoms with E-state index in [2.05, 4.69) is 15.5 Å². The van der Waals surface area contributed by atoms with Crippen LogP contribution in [0.1, 0.15) is 38.2 Å². The fourth-order valence-corrected chi connectivity index (χ4v) is 3.26. The van der Waals surface area contributed by atoms with Gasteiger partial charge in [0.1, 0.15) is 0 Å². The van der Waals surface area contributed by atoms with Crippen LogP contribution < -0.4 is 10.6 Å². The van der Waals surface area contributed by atoms with Crippen LogP contribution in [0.2, 0.25) is 0 Å². The molecule has 124 valence electrons. The predicted molar refractivity (Wildman–Crippen MR) is 91.4 cm³/mol. The Morgan fingerprint density at radius 3 is 2.35 bits per heavy atom. The van der Waals surface area contributed by atoms with Crippen molar-refractivity contribution < 1.29 is 9.59 Å². The summed E-state index contributed by atoms with van der Waals surface area (Å²) >= 11 is 0. The number of carbonyl (C=O) groups is 2. The lowest BCUT2D eigenvalue weighted by Gasteiger charge is -2.31. The number of carbonyl (C=O) groups excluding carboxylic acids is 2. The summed E-state index contributed by atoms with van der Waals surface area (Å²) in [6.45, 7) is 5.49. The molecule has 5 heteroatoms. The number of amides is 2. The highest BCUT2D eigenvalue weighted by Crippen LogP contribution is 2.31. The zero-order valence-electron chi connectivity index (χ0n) is 13.9. The lowest BCUT2D eigenvalue weighted by atomic mass is 9.95. The number of nitrogens with zero attached hydrogens (tertiary/aromatic N) is 1. The summed E-state index contributed by atoms with van der Waals surface area (Å²) < 4.78 is 0. The number of piperidine rings is 1. The van der Waals surface area contributed by atoms with Crippen LogP contribution in [0.5, 0.6) is 0 Å². The monoisotopic (exact) mass is 315 g/mol. The van der Waals surface area contributed by atoms with Gasteiger partial charge in [-0.05, 0) is 63.4 Å². The molecule has 3 rings (SSSR count). The highest BCUT2D eigenvalue weighted by atomic mass is 16.2. The van der Waals surface area contributed by atoms with Crippen molar-refractivity contribution in [3.05, 3.63) is 23.8 Å². The maximum absolute atomic E-state index is 12.6. The first-order valence-electron chi connectivity index (χ1n) is 8.46. The fourth-order valence-electron chi connectivity index (χ4n) is 3.26. The zero-order valence-corrected chi connectivity index (χ0v) is 13.9. The van der Waals surface area contributed by atoms with Crippen LogP contribution in [0.4, 0.5) is 11.4 Å². The van der Waals surface area contributed by atoms with E-state index in [-0.39, 0.29) is 17.7 Å². The Morgan fingerprint density at radius 1 is 1.04 bits per heavy atom. The molecule has 0 bridgehead atoms. The van der Waals surface area contributed by atoms with Gasteiger partial charge < -0.3 is 15.5 Å². The summed E-state index contributed by atoms with van der Waals surface area (Å²) in [5.74, 6) is -0.00423. The molecule has 1 aliphatic carbocycles. The lowest BCUT2D eigenvalue weighted by molar-refractivity contribution is -0.121. The first-order valence-corrected chi connectivity index (χ1v) is 8.46. The SMILES string of the molecule is CC(=O)Nc1ccc(C)cc1NC(=O)C1CCN(C2CC2)CC1. The third-order valence-corrected chi connectivity index (χ3v) is 4.71. The van der Waals surface area contributed by atoms with E-state index in [1.54, 1.807) is 0 Å². The van der Waals surface area contributed by atoms with E-state index in [4.69, 9.17) is 0 Å². The highest BCUT2D eigenvalue weighted by molar-refractivity contribution is 5.99. The van der Waals surface area contributed by atoms with Crippen molar-refractivity contribution in [2.45, 2.75) is 45.6 Å². The average molecular weight is 315 g/mol. The Kier molecular flexibility index (Phi) is 4.66. The standard InChI is InChI=1S/C18H25N3O2/c1-12-3-6-16(19-13(2)22)17(11-12)20-18(23)14-7-9-21(10-8-14)15-4-5-15/h3,6,11,14-15H,4-5,7-10H2,1-2H3,(H,19,22)(H,20,23). The van der Waals surface area contributed by atoms with Crippen molar-refractivity contribution in [3.63, 3.8) is 0 Å². The lowest BCUT2D eigenvalue weighted by Crippen LogP contribution is -2.39. The fraction of sp³-hybridized carbons (Fsp3) is 0.556. The number of aryl methyl sites for hydroxylation is 1. The minimum atomic E-state index is -0.137. The van der Waals surface area contributed by atoms with Gasteiger partial charge in [-0.1, -0.05) is 6.07 Å². The van der Waals surface area contributed by atoms with Gasteiger partial charge in [0.05, 0.1) is 11.4 Å². The Labute approximate surface area is 137 Å². The van der Waals surface area contributed by atoms with E-state index in [1.165, 1.54) is 19.8 Å². The zero-order chi connectivity index (χ0) is 16.4. The summed E-state index contributed by atoms with van der Waals surface area (Å²) in [6.07, 6.45) is 4.48. The molecule has 2 fully saturated rings. The molecule has 0 unspecified atom stereocenters. The Hall–Kier alpha value is -1.88. The molecule has 2 aliphatic rings. The number of hydrogen-bond donors (Lipinski definition) is 2. The smallest absolute Gasteiger partial charge is 0.227 e. The topological polar surface area (TPSA) is 61.4 Å². The second-order valence-electron chi connectivity index (χ2n) is 6.76. The third-order valence-electron chi connectivity index (χ3n) is 4.71. The molecule has 2 amide bonds. The predicted octanol–water partition coefficient (Wildman–Crippen LogP) is 2.77. The number of likely N-dealkylation sites (tertiary alicyclic amines) is 1. The van der Waals surface area contributed by atoms with Crippen LogP contribution >= 0.6 is 0 Å². The van der Waals surface area contributed by atoms with E-state index >= 15 is 0 Å². The molecule has 1 saturated carbocycles. The highest BCUT2D eigenvalue weighted by Gasteiger charge is 2.33. The molecule has 1 saturated heterocycles. The Morgan fingerprint density at radius 2 is 1.74 bits per heavy atom. The van der Waals surface area contributed by atoms with Gasteiger partial charge in [-0.25, -0.2) is 0 Å². The largest absolute Gasteiger partial charge is 0.325 e. The van der Waals surface area contributed by atoms with Crippen LogP contribution in [0, 0.1) is 12.8 Å². The Balaban J connectivity index is 1.63. The van der Waals surface area contributed by atoms with Gasteiger partial charge in [0.25, 0.3) is 0 Å². The minimum absolute atomic E-state index is 0.0655. The van der Waals surface area contributed by atoms with Crippen molar-refractivity contribution in [1.82, 2.24) is 4.90 Å². The van der Waals surface area contributed by atoms with Crippen LogP contribution in [-0.4, -0.2) is 35.8 Å². The van der Waals surface area contributed by atoms with Crippen LogP contribution in [-0.2, 0) is 9.59 Å². The molecular weight excluding hydrogens is 290 g/mol. The summed E-state index contributed by atoms with van der Waals surface area (Å²) in [7, 11) is 0. The summed E-state index contributed by atoms with van der Waals surface area (Å²) in [5.41, 5.74) is 2.40. The van der Waals surface area contributed by atoms with E-state index in [1.807, 2.05) is 25.1 Å². The molecule has 1 aromatic carbocycles. The number of nitrogens with one attached hydrogen (secondary N) is 2. The van der Waals surface area contributed by atoms with Gasteiger partial charge in [-0.2, -0.15) is 0 Å². The number of hydrogen-bond acceptors (Lipinski definition) is 3. The van der Waals surface area contributed by atoms with Crippen LogP contribution in [0.25, 0.3) is 0 Å². The van der Waals surface area contributed by atoms with Crippen molar-refractivity contribution in [2.75, 3.05) is 23.7 Å². The average Bonchev–Trinajstić information content (AvgIpc) is 3.34. The van der Waals surface area contributed by atoms with Crippen LogP contribution in [0.15, 0.2) is 18.2 Å². The molecule has 0 aromatic heterocycles. The van der Waals surface area contributed by atoms with Gasteiger partial charge in [0.15, 0.2) is 0 Å². The molecule has 1 heterocycles. The summed E-state index contributed by atoms with van der Waals surface area (Å²) in [6, 6.07) is 6.45. The number of rotatable bonds is 4. The Bertz CT molecular complexity index is 602. The van der Waals surface area contributed by atoms with Gasteiger partial charge in [0, 0.05) is 18.9 Å². The number of anilines is 2. The molecule has 1 aliphatic heterocycles. The number of benzene rings is 1. The van der Waals surface area contributed by atoms with Gasteiger partial charge in [0.2, 0.25) is 11.8 Å². The third kappa shape index (κ3) is 4.10. The van der Waals surface area contributed by atoms with E-state index in [0.29, 0.717) is 11.4 Å². The van der Waals surface area contributed by atoms with Gasteiger partial charge >= 0.3 is 0 Å². The molecule has 0 spiro atoms. The maximum atomic E-state index is 12.6. The van der Waals surface area contributed by atoms with Gasteiger partial charge in [-0.15, -0.1) is 0 Å². The van der Waals surface area contributed by atoms with Crippen molar-refractivity contribution >= 4 is 23.2 Å². The van der Waals surface area contributed by atoms with E-state index < -0.39 is 0 Å². The molecule has 2 N–H and O–H groups in total. The molecule has 1 aromatic rings. The second kappa shape index (κ2) is 6.71. The molecule has 23 heavy (non-hydrogen) atoms. The van der Waals surface area contributed by atoms with E-state index in [0.717, 1.165) is 37.5 Å². The minimum Gasteiger partial charge on any atom is -0.325 e. The summed E-state index contributed by atoms with van der Waals surface area (Å²) in [4.78, 5) is 26.4. The summed E-state index contributed by atoms with van der Waals surface area (Å²) in [5, 5.41) is 5.79. The van der Waals surface area contributed by atoms with Crippen molar-refractivity contribution in [1.29, 1.82) is 0 Å². The quantitative estimate of drug-likeness (QED) is 0.898. The molecule has 0 radical (unpaired) electrons. The maximum Gasteiger partial charge on any atom is 0.227 e. The van der Waals surface area contributed by atoms with Crippen LogP contribution in [0.3, 0.4) is 0 Å². The van der Waals surface area contributed by atoms with Gasteiger partial charge in [-0.3, -0.25) is 9.59 Å². The first kappa shape index (κ1) is 16.0. The van der Waals surface area contributed by atoms with Crippen molar-refractivity contribution in [2.24, 2.45) is 5.92 Å². The first-order chi connectivity index (χ1) is 11.0.